The van der Waals surface area contributed by atoms with Gasteiger partial charge in [0.1, 0.15) is 0 Å². The predicted molar refractivity (Wildman–Crippen MR) is 245 cm³/mol. The van der Waals surface area contributed by atoms with E-state index in [0.29, 0.717) is 11.6 Å². The molecule has 5 aromatic carbocycles. The zero-order chi connectivity index (χ0) is 40.8. The summed E-state index contributed by atoms with van der Waals surface area (Å²) in [5, 5.41) is 2.00. The van der Waals surface area contributed by atoms with Gasteiger partial charge in [0.15, 0.2) is 0 Å². The van der Waals surface area contributed by atoms with Crippen molar-refractivity contribution < 1.29 is 24.5 Å². The van der Waals surface area contributed by atoms with Crippen LogP contribution in [0.3, 0.4) is 0 Å². The van der Waals surface area contributed by atoms with Crippen LogP contribution in [0.25, 0.3) is 72.6 Å². The number of furan rings is 1. The fraction of sp³-hybridized carbons (Fsp3) is 0.212. The molecule has 9 rings (SSSR count). The second-order valence-corrected chi connectivity index (χ2v) is 28.0. The molecule has 0 aliphatic heterocycles. The molecule has 0 unspecified atom stereocenters. The fourth-order valence-electron chi connectivity index (χ4n) is 7.64. The Hall–Kier alpha value is -5.14. The third-order valence-electron chi connectivity index (χ3n) is 10.8. The molecule has 299 valence electrons. The summed E-state index contributed by atoms with van der Waals surface area (Å²) in [5.41, 5.74) is 13.3. The summed E-state index contributed by atoms with van der Waals surface area (Å²) in [6.07, 6.45) is 2.12. The number of nitrogens with zero attached hydrogens (tertiary/aromatic N) is 4. The zero-order valence-electron chi connectivity index (χ0n) is 35.3. The number of aromatic nitrogens is 4. The van der Waals surface area contributed by atoms with Crippen LogP contribution in [0.5, 0.6) is 0 Å². The molecular weight excluding hydrogens is 961 g/mol. The van der Waals surface area contributed by atoms with Crippen LogP contribution in [0, 0.1) is 19.1 Å². The fourth-order valence-corrected chi connectivity index (χ4v) is 11.2. The van der Waals surface area contributed by atoms with Crippen LogP contribution in [0.4, 0.5) is 0 Å². The van der Waals surface area contributed by atoms with E-state index >= 15 is 0 Å². The molecule has 59 heavy (non-hydrogen) atoms. The van der Waals surface area contributed by atoms with Crippen LogP contribution in [0.1, 0.15) is 57.4 Å². The van der Waals surface area contributed by atoms with Crippen LogP contribution >= 0.6 is 0 Å². The van der Waals surface area contributed by atoms with Crippen LogP contribution in [0.15, 0.2) is 138 Å². The summed E-state index contributed by atoms with van der Waals surface area (Å²) in [4.78, 5) is 14.5. The van der Waals surface area contributed by atoms with Crippen molar-refractivity contribution in [3.8, 4) is 39.5 Å². The SMILES string of the molecule is CC(C)c1cc(-c2[c-]cccc2)nc[c]1[Ge]([CH3])([CH3])[CH3].Cc1ccc2c(n1)oc1c(-c3nc4ccccc4n3-c3ccc(C(C)(C)C)cc3-c3ccccc3)[c-]ccc12.[Ir]. The maximum atomic E-state index is 6.39. The van der Waals surface area contributed by atoms with Crippen molar-refractivity contribution in [3.05, 3.63) is 163 Å². The van der Waals surface area contributed by atoms with Gasteiger partial charge in [-0.15, -0.1) is 18.2 Å². The molecule has 4 aromatic heterocycles. The van der Waals surface area contributed by atoms with E-state index in [1.54, 1.807) is 0 Å². The van der Waals surface area contributed by atoms with Gasteiger partial charge in [-0.2, -0.15) is 0 Å². The second-order valence-electron chi connectivity index (χ2n) is 17.4. The Bertz CT molecular complexity index is 2900. The molecule has 0 atom stereocenters. The Kier molecular flexibility index (Phi) is 12.0. The number of para-hydroxylation sites is 2. The number of imidazole rings is 1. The number of fused-ring (bicyclic) bond motifs is 4. The number of hydrogen-bond donors (Lipinski definition) is 0. The summed E-state index contributed by atoms with van der Waals surface area (Å²) in [5.74, 6) is 8.62. The number of pyridine rings is 2. The topological polar surface area (TPSA) is 56.7 Å². The van der Waals surface area contributed by atoms with E-state index in [2.05, 4.69) is 170 Å². The van der Waals surface area contributed by atoms with Gasteiger partial charge in [-0.1, -0.05) is 80.3 Å². The quantitative estimate of drug-likeness (QED) is 0.123. The first kappa shape index (κ1) is 42.0. The van der Waals surface area contributed by atoms with Gasteiger partial charge in [0, 0.05) is 42.4 Å². The summed E-state index contributed by atoms with van der Waals surface area (Å²) < 4.78 is 10.2. The van der Waals surface area contributed by atoms with E-state index in [0.717, 1.165) is 72.5 Å². The summed E-state index contributed by atoms with van der Waals surface area (Å²) in [7, 11) is 0. The third kappa shape index (κ3) is 8.50. The molecule has 9 aromatic rings. The molecular formula is C52H50GeIrN4O-2. The van der Waals surface area contributed by atoms with Crippen LogP contribution in [0.2, 0.25) is 17.3 Å². The van der Waals surface area contributed by atoms with Crippen molar-refractivity contribution in [3.63, 3.8) is 0 Å². The van der Waals surface area contributed by atoms with Crippen molar-refractivity contribution in [1.29, 1.82) is 0 Å². The molecule has 0 aliphatic carbocycles. The van der Waals surface area contributed by atoms with E-state index in [-0.39, 0.29) is 25.5 Å². The average Bonchev–Trinajstić information content (AvgIpc) is 3.79. The van der Waals surface area contributed by atoms with E-state index in [1.807, 2.05) is 49.4 Å². The zero-order valence-corrected chi connectivity index (χ0v) is 39.8. The number of aryl methyl sites for hydroxylation is 1. The van der Waals surface area contributed by atoms with Crippen LogP contribution < -0.4 is 4.40 Å². The number of hydrogen-bond acceptors (Lipinski definition) is 4. The molecule has 7 heteroatoms. The first-order valence-corrected chi connectivity index (χ1v) is 27.5. The van der Waals surface area contributed by atoms with Crippen LogP contribution in [-0.2, 0) is 25.5 Å². The molecule has 0 amide bonds. The van der Waals surface area contributed by atoms with Crippen molar-refractivity contribution in [2.24, 2.45) is 0 Å². The maximum Gasteiger partial charge on any atom is 0.216 e. The van der Waals surface area contributed by atoms with Gasteiger partial charge in [-0.05, 0) is 59.9 Å². The molecule has 0 aliphatic rings. The number of benzene rings is 5. The molecule has 0 fully saturated rings. The Morgan fingerprint density at radius 2 is 1.49 bits per heavy atom. The largest absolute Gasteiger partial charge is 0.486 e. The van der Waals surface area contributed by atoms with Crippen molar-refractivity contribution in [1.82, 2.24) is 19.5 Å². The van der Waals surface area contributed by atoms with Gasteiger partial charge in [-0.25, -0.2) is 4.98 Å². The third-order valence-corrected chi connectivity index (χ3v) is 15.0. The van der Waals surface area contributed by atoms with E-state index in [9.17, 15) is 0 Å². The summed E-state index contributed by atoms with van der Waals surface area (Å²) >= 11 is -1.85. The van der Waals surface area contributed by atoms with E-state index < -0.39 is 13.3 Å². The molecule has 4 heterocycles. The van der Waals surface area contributed by atoms with Crippen molar-refractivity contribution >= 4 is 50.8 Å². The first-order chi connectivity index (χ1) is 27.8. The standard InChI is InChI=1S/C35H28N3O.C17H22GeN.Ir/c1-22-17-19-26-25-13-10-14-27(32(25)39-34(26)36-22)33-37-29-15-8-9-16-31(29)38(33)30-20-18-24(35(2,3)4)21-28(30)23-11-6-5-7-12-23;1-13(2)15-11-17(14-9-7-6-8-10-14)19-12-16(15)18(3,4)5;/h5-13,15-21H,1-4H3;6-9,11-13H,1-5H3;/q2*-1;. The van der Waals surface area contributed by atoms with Gasteiger partial charge in [0.05, 0.1) is 22.4 Å². The van der Waals surface area contributed by atoms with Crippen molar-refractivity contribution in [2.45, 2.75) is 70.1 Å². The molecule has 5 nitrogen and oxygen atoms in total. The Morgan fingerprint density at radius 3 is 2.20 bits per heavy atom. The minimum Gasteiger partial charge on any atom is -0.486 e. The minimum atomic E-state index is -1.85. The minimum absolute atomic E-state index is 0. The van der Waals surface area contributed by atoms with E-state index in [1.165, 1.54) is 15.5 Å². The smallest absolute Gasteiger partial charge is 0.216 e. The van der Waals surface area contributed by atoms with Gasteiger partial charge in [-0.3, -0.25) is 4.98 Å². The molecule has 0 bridgehead atoms. The average molecular weight is 1010 g/mol. The first-order valence-electron chi connectivity index (χ1n) is 20.1. The van der Waals surface area contributed by atoms with Gasteiger partial charge < -0.3 is 8.98 Å². The predicted octanol–water partition coefficient (Wildman–Crippen LogP) is 13.3. The summed E-state index contributed by atoms with van der Waals surface area (Å²) in [6.45, 7) is 13.3. The molecule has 0 N–H and O–H groups in total. The molecule has 0 spiro atoms. The normalized spacial score (nSPS) is 11.8. The van der Waals surface area contributed by atoms with E-state index in [4.69, 9.17) is 9.40 Å². The molecule has 0 saturated carbocycles. The van der Waals surface area contributed by atoms with Gasteiger partial charge >= 0.3 is 119 Å². The summed E-state index contributed by atoms with van der Waals surface area (Å²) in [6, 6.07) is 50.8. The van der Waals surface area contributed by atoms with Gasteiger partial charge in [0.2, 0.25) is 5.71 Å². The Balaban J connectivity index is 0.000000223. The Morgan fingerprint density at radius 1 is 0.746 bits per heavy atom. The van der Waals surface area contributed by atoms with Crippen LogP contribution in [-0.4, -0.2) is 32.8 Å². The Labute approximate surface area is 364 Å². The second kappa shape index (κ2) is 16.8. The van der Waals surface area contributed by atoms with Crippen molar-refractivity contribution in [2.75, 3.05) is 0 Å². The molecule has 0 saturated heterocycles. The maximum absolute atomic E-state index is 6.39. The molecule has 1 radical (unpaired) electrons. The number of rotatable bonds is 6. The monoisotopic (exact) mass is 1010 g/mol. The van der Waals surface area contributed by atoms with Gasteiger partial charge in [0.25, 0.3) is 0 Å².